The molecule has 0 spiro atoms. The van der Waals surface area contributed by atoms with Crippen LogP contribution in [0.2, 0.25) is 0 Å². The summed E-state index contributed by atoms with van der Waals surface area (Å²) in [5.74, 6) is 0.756. The molecule has 0 N–H and O–H groups in total. The second-order valence-electron chi connectivity index (χ2n) is 7.42. The first-order valence-corrected chi connectivity index (χ1v) is 10.7. The van der Waals surface area contributed by atoms with Crippen LogP contribution in [0.15, 0.2) is 29.2 Å². The standard InChI is InChI=1S/C19H28N2O4S/c1-14(2)21(16-4-5-16)19(22)15-10-12-20(13-11-15)26(23,24)18-8-6-17(25-3)7-9-18/h6-9,14-16H,4-5,10-13H2,1-3H3. The fourth-order valence-electron chi connectivity index (χ4n) is 3.66. The summed E-state index contributed by atoms with van der Waals surface area (Å²) in [7, 11) is -1.97. The number of sulfonamides is 1. The number of methoxy groups -OCH3 is 1. The Balaban J connectivity index is 1.64. The van der Waals surface area contributed by atoms with Crippen LogP contribution in [0.4, 0.5) is 0 Å². The van der Waals surface area contributed by atoms with Crippen molar-refractivity contribution >= 4 is 15.9 Å². The van der Waals surface area contributed by atoms with Crippen molar-refractivity contribution in [2.75, 3.05) is 20.2 Å². The molecule has 2 fully saturated rings. The lowest BCUT2D eigenvalue weighted by molar-refractivity contribution is -0.139. The molecule has 7 heteroatoms. The summed E-state index contributed by atoms with van der Waals surface area (Å²) >= 11 is 0. The lowest BCUT2D eigenvalue weighted by atomic mass is 9.96. The summed E-state index contributed by atoms with van der Waals surface area (Å²) in [6, 6.07) is 7.04. The molecule has 1 saturated carbocycles. The van der Waals surface area contributed by atoms with Crippen molar-refractivity contribution in [1.29, 1.82) is 0 Å². The second kappa shape index (κ2) is 7.56. The molecule has 1 aromatic rings. The molecule has 1 saturated heterocycles. The van der Waals surface area contributed by atoms with E-state index >= 15 is 0 Å². The van der Waals surface area contributed by atoms with Crippen molar-refractivity contribution in [3.8, 4) is 5.75 Å². The number of carbonyl (C=O) groups is 1. The molecule has 1 aliphatic carbocycles. The Bertz CT molecular complexity index is 731. The number of carbonyl (C=O) groups excluding carboxylic acids is 1. The minimum atomic E-state index is -3.52. The molecule has 26 heavy (non-hydrogen) atoms. The van der Waals surface area contributed by atoms with Gasteiger partial charge in [0.1, 0.15) is 5.75 Å². The number of piperidine rings is 1. The molecule has 0 aromatic heterocycles. The summed E-state index contributed by atoms with van der Waals surface area (Å²) in [5, 5.41) is 0. The van der Waals surface area contributed by atoms with Gasteiger partial charge >= 0.3 is 0 Å². The number of benzene rings is 1. The average molecular weight is 381 g/mol. The van der Waals surface area contributed by atoms with Gasteiger partial charge in [-0.2, -0.15) is 4.31 Å². The van der Waals surface area contributed by atoms with Crippen molar-refractivity contribution < 1.29 is 17.9 Å². The maximum absolute atomic E-state index is 12.9. The van der Waals surface area contributed by atoms with Crippen LogP contribution in [0.25, 0.3) is 0 Å². The van der Waals surface area contributed by atoms with Gasteiger partial charge in [0, 0.05) is 31.1 Å². The predicted octanol–water partition coefficient (Wildman–Crippen LogP) is 2.50. The molecule has 144 valence electrons. The van der Waals surface area contributed by atoms with Gasteiger partial charge in [-0.3, -0.25) is 4.79 Å². The molecule has 1 aliphatic heterocycles. The van der Waals surface area contributed by atoms with Gasteiger partial charge in [0.2, 0.25) is 15.9 Å². The van der Waals surface area contributed by atoms with E-state index in [2.05, 4.69) is 13.8 Å². The molecule has 1 heterocycles. The number of ether oxygens (including phenoxy) is 1. The quantitative estimate of drug-likeness (QED) is 0.760. The van der Waals surface area contributed by atoms with Gasteiger partial charge in [-0.05, 0) is 63.8 Å². The highest BCUT2D eigenvalue weighted by Gasteiger charge is 2.39. The Morgan fingerprint density at radius 2 is 1.69 bits per heavy atom. The Hall–Kier alpha value is -1.60. The summed E-state index contributed by atoms with van der Waals surface area (Å²) < 4.78 is 32.2. The van der Waals surface area contributed by atoms with Crippen LogP contribution in [-0.2, 0) is 14.8 Å². The fourth-order valence-corrected chi connectivity index (χ4v) is 5.13. The topological polar surface area (TPSA) is 66.9 Å². The number of hydrogen-bond acceptors (Lipinski definition) is 4. The van der Waals surface area contributed by atoms with Crippen LogP contribution in [0.5, 0.6) is 5.75 Å². The smallest absolute Gasteiger partial charge is 0.243 e. The third-order valence-electron chi connectivity index (χ3n) is 5.25. The summed E-state index contributed by atoms with van der Waals surface area (Å²) in [5.41, 5.74) is 0. The lowest BCUT2D eigenvalue weighted by Gasteiger charge is -2.35. The summed E-state index contributed by atoms with van der Waals surface area (Å²) in [6.45, 7) is 4.89. The largest absolute Gasteiger partial charge is 0.497 e. The Kier molecular flexibility index (Phi) is 5.58. The van der Waals surface area contributed by atoms with Gasteiger partial charge in [0.05, 0.1) is 12.0 Å². The van der Waals surface area contributed by atoms with Gasteiger partial charge in [0.25, 0.3) is 0 Å². The molecule has 0 radical (unpaired) electrons. The van der Waals surface area contributed by atoms with Crippen molar-refractivity contribution in [2.24, 2.45) is 5.92 Å². The zero-order chi connectivity index (χ0) is 18.9. The third kappa shape index (κ3) is 3.88. The first-order chi connectivity index (χ1) is 12.3. The van der Waals surface area contributed by atoms with Crippen molar-refractivity contribution in [3.05, 3.63) is 24.3 Å². The van der Waals surface area contributed by atoms with Crippen LogP contribution in [-0.4, -0.2) is 55.8 Å². The number of nitrogens with zero attached hydrogens (tertiary/aromatic N) is 2. The second-order valence-corrected chi connectivity index (χ2v) is 9.36. The molecule has 3 rings (SSSR count). The van der Waals surface area contributed by atoms with Crippen LogP contribution in [0, 0.1) is 5.92 Å². The molecule has 0 bridgehead atoms. The van der Waals surface area contributed by atoms with E-state index in [1.54, 1.807) is 31.4 Å². The predicted molar refractivity (Wildman–Crippen MR) is 99.5 cm³/mol. The van der Waals surface area contributed by atoms with Crippen molar-refractivity contribution in [2.45, 2.75) is 56.5 Å². The molecule has 0 unspecified atom stereocenters. The Morgan fingerprint density at radius 1 is 1.12 bits per heavy atom. The van der Waals surface area contributed by atoms with E-state index in [1.807, 2.05) is 4.90 Å². The monoisotopic (exact) mass is 380 g/mol. The van der Waals surface area contributed by atoms with Crippen molar-refractivity contribution in [1.82, 2.24) is 9.21 Å². The van der Waals surface area contributed by atoms with E-state index in [4.69, 9.17) is 4.74 Å². The van der Waals surface area contributed by atoms with Gasteiger partial charge in [-0.1, -0.05) is 0 Å². The zero-order valence-electron chi connectivity index (χ0n) is 15.7. The molecule has 2 aliphatic rings. The van der Waals surface area contributed by atoms with E-state index in [1.165, 1.54) is 4.31 Å². The maximum Gasteiger partial charge on any atom is 0.243 e. The first kappa shape index (κ1) is 19.2. The Labute approximate surface area is 156 Å². The SMILES string of the molecule is COc1ccc(S(=O)(=O)N2CCC(C(=O)N(C(C)C)C3CC3)CC2)cc1. The van der Waals surface area contributed by atoms with Crippen LogP contribution >= 0.6 is 0 Å². The molecular weight excluding hydrogens is 352 g/mol. The normalized spacial score (nSPS) is 19.5. The van der Waals surface area contributed by atoms with Crippen molar-refractivity contribution in [3.63, 3.8) is 0 Å². The zero-order valence-corrected chi connectivity index (χ0v) is 16.5. The van der Waals surface area contributed by atoms with Crippen LogP contribution in [0.3, 0.4) is 0 Å². The minimum absolute atomic E-state index is 0.0692. The molecule has 6 nitrogen and oxygen atoms in total. The van der Waals surface area contributed by atoms with Gasteiger partial charge in [-0.25, -0.2) is 8.42 Å². The van der Waals surface area contributed by atoms with Gasteiger partial charge in [-0.15, -0.1) is 0 Å². The van der Waals surface area contributed by atoms with Gasteiger partial charge in [0.15, 0.2) is 0 Å². The number of hydrogen-bond donors (Lipinski definition) is 0. The van der Waals surface area contributed by atoms with Crippen LogP contribution in [0.1, 0.15) is 39.5 Å². The molecule has 1 amide bonds. The molecule has 0 atom stereocenters. The van der Waals surface area contributed by atoms with E-state index in [9.17, 15) is 13.2 Å². The highest BCUT2D eigenvalue weighted by atomic mass is 32.2. The minimum Gasteiger partial charge on any atom is -0.497 e. The van der Waals surface area contributed by atoms with Gasteiger partial charge < -0.3 is 9.64 Å². The summed E-state index contributed by atoms with van der Waals surface area (Å²) in [4.78, 5) is 15.1. The van der Waals surface area contributed by atoms with E-state index in [0.29, 0.717) is 37.7 Å². The molecule has 1 aromatic carbocycles. The average Bonchev–Trinajstić information content (AvgIpc) is 3.46. The summed E-state index contributed by atoms with van der Waals surface area (Å²) in [6.07, 6.45) is 3.36. The van der Waals surface area contributed by atoms with E-state index in [-0.39, 0.29) is 22.8 Å². The fraction of sp³-hybridized carbons (Fsp3) is 0.632. The highest BCUT2D eigenvalue weighted by Crippen LogP contribution is 2.33. The number of rotatable bonds is 6. The first-order valence-electron chi connectivity index (χ1n) is 9.31. The Morgan fingerprint density at radius 3 is 2.15 bits per heavy atom. The van der Waals surface area contributed by atoms with Crippen LogP contribution < -0.4 is 4.74 Å². The van der Waals surface area contributed by atoms with E-state index in [0.717, 1.165) is 12.8 Å². The maximum atomic E-state index is 12.9. The van der Waals surface area contributed by atoms with E-state index < -0.39 is 10.0 Å². The lowest BCUT2D eigenvalue weighted by Crippen LogP contribution is -2.47. The number of amides is 1. The molecular formula is C19H28N2O4S. The third-order valence-corrected chi connectivity index (χ3v) is 7.16. The highest BCUT2D eigenvalue weighted by molar-refractivity contribution is 7.89.